The van der Waals surface area contributed by atoms with E-state index >= 15 is 0 Å². The molecule has 0 aromatic carbocycles. The number of rotatable bonds is 1. The van der Waals surface area contributed by atoms with Crippen LogP contribution in [0.3, 0.4) is 0 Å². The lowest BCUT2D eigenvalue weighted by molar-refractivity contribution is 0.583. The first-order valence-corrected chi connectivity index (χ1v) is 3.39. The third kappa shape index (κ3) is 1.89. The van der Waals surface area contributed by atoms with Crippen molar-refractivity contribution in [3.8, 4) is 0 Å². The minimum atomic E-state index is -0.671. The van der Waals surface area contributed by atoms with Crippen molar-refractivity contribution in [2.45, 2.75) is 0 Å². The molecule has 1 rings (SSSR count). The average Bonchev–Trinajstić information content (AvgIpc) is 1.98. The van der Waals surface area contributed by atoms with Crippen molar-refractivity contribution in [1.29, 1.82) is 0 Å². The molecule has 0 unspecified atom stereocenters. The Morgan fingerprint density at radius 1 is 1.73 bits per heavy atom. The Morgan fingerprint density at radius 3 is 3.09 bits per heavy atom. The predicted molar refractivity (Wildman–Crippen MR) is 40.7 cm³/mol. The maximum absolute atomic E-state index is 12.4. The summed E-state index contributed by atoms with van der Waals surface area (Å²) < 4.78 is 12.8. The number of azide groups is 1. The number of nitrogens with zero attached hydrogens (tertiary/aromatic N) is 4. The number of halogens is 2. The van der Waals surface area contributed by atoms with E-state index in [1.54, 1.807) is 0 Å². The summed E-state index contributed by atoms with van der Waals surface area (Å²) >= 11 is 3.04. The Hall–Kier alpha value is -1.13. The molecule has 0 aliphatic carbocycles. The number of hydrogen-bond donors (Lipinski definition) is 0. The lowest BCUT2D eigenvalue weighted by Gasteiger charge is -1.93. The second kappa shape index (κ2) is 3.32. The highest BCUT2D eigenvalue weighted by molar-refractivity contribution is 9.10. The van der Waals surface area contributed by atoms with Crippen molar-refractivity contribution < 1.29 is 4.39 Å². The maximum Gasteiger partial charge on any atom is 0.213 e. The minimum absolute atomic E-state index is 0.194. The fraction of sp³-hybridized carbons (Fsp3) is 0. The molecule has 1 aromatic rings. The van der Waals surface area contributed by atoms with Gasteiger partial charge in [0.2, 0.25) is 5.95 Å². The van der Waals surface area contributed by atoms with Crippen LogP contribution >= 0.6 is 15.9 Å². The monoisotopic (exact) mass is 216 g/mol. The first kappa shape index (κ1) is 7.97. The zero-order chi connectivity index (χ0) is 8.27. The quantitative estimate of drug-likeness (QED) is 0.308. The fourth-order valence-electron chi connectivity index (χ4n) is 0.528. The Labute approximate surface area is 69.8 Å². The van der Waals surface area contributed by atoms with Gasteiger partial charge in [0.15, 0.2) is 0 Å². The highest BCUT2D eigenvalue weighted by Gasteiger charge is 1.98. The molecule has 4 nitrogen and oxygen atoms in total. The second-order valence-electron chi connectivity index (χ2n) is 1.65. The van der Waals surface area contributed by atoms with Crippen LogP contribution in [0, 0.1) is 5.95 Å². The van der Waals surface area contributed by atoms with Gasteiger partial charge in [-0.15, -0.1) is 0 Å². The van der Waals surface area contributed by atoms with Gasteiger partial charge in [-0.1, -0.05) is 5.11 Å². The Morgan fingerprint density at radius 2 is 2.45 bits per heavy atom. The van der Waals surface area contributed by atoms with Crippen molar-refractivity contribution >= 4 is 21.6 Å². The van der Waals surface area contributed by atoms with E-state index in [4.69, 9.17) is 5.53 Å². The van der Waals surface area contributed by atoms with Crippen molar-refractivity contribution in [2.75, 3.05) is 0 Å². The van der Waals surface area contributed by atoms with Gasteiger partial charge in [0.1, 0.15) is 0 Å². The molecule has 56 valence electrons. The van der Waals surface area contributed by atoms with Crippen LogP contribution in [0.15, 0.2) is 21.9 Å². The first-order chi connectivity index (χ1) is 5.24. The number of hydrogen-bond acceptors (Lipinski definition) is 2. The third-order valence-corrected chi connectivity index (χ3v) is 1.57. The van der Waals surface area contributed by atoms with Crippen LogP contribution in [-0.4, -0.2) is 4.98 Å². The van der Waals surface area contributed by atoms with E-state index in [1.165, 1.54) is 6.20 Å². The summed E-state index contributed by atoms with van der Waals surface area (Å²) in [5, 5.41) is 3.22. The second-order valence-corrected chi connectivity index (χ2v) is 2.50. The molecular weight excluding hydrogens is 215 g/mol. The van der Waals surface area contributed by atoms with Gasteiger partial charge in [-0.05, 0) is 21.5 Å². The third-order valence-electron chi connectivity index (χ3n) is 0.954. The predicted octanol–water partition coefficient (Wildman–Crippen LogP) is 2.92. The van der Waals surface area contributed by atoms with Crippen LogP contribution < -0.4 is 0 Å². The molecule has 0 atom stereocenters. The molecule has 0 N–H and O–H groups in total. The molecule has 0 amide bonds. The largest absolute Gasteiger partial charge is 0.227 e. The number of pyridine rings is 1. The summed E-state index contributed by atoms with van der Waals surface area (Å²) in [6.07, 6.45) is 1.24. The molecule has 0 bridgehead atoms. The maximum atomic E-state index is 12.4. The van der Waals surface area contributed by atoms with E-state index in [9.17, 15) is 4.39 Å². The van der Waals surface area contributed by atoms with E-state index < -0.39 is 5.95 Å². The van der Waals surface area contributed by atoms with Crippen LogP contribution in [0.2, 0.25) is 0 Å². The van der Waals surface area contributed by atoms with E-state index in [-0.39, 0.29) is 5.69 Å². The molecule has 6 heteroatoms. The van der Waals surface area contributed by atoms with Crippen molar-refractivity contribution in [3.63, 3.8) is 0 Å². The first-order valence-electron chi connectivity index (χ1n) is 2.60. The molecule has 0 aliphatic heterocycles. The Bertz CT molecular complexity index is 320. The van der Waals surface area contributed by atoms with E-state index in [0.717, 1.165) is 6.07 Å². The van der Waals surface area contributed by atoms with Gasteiger partial charge < -0.3 is 0 Å². The summed E-state index contributed by atoms with van der Waals surface area (Å²) in [6.45, 7) is 0. The summed E-state index contributed by atoms with van der Waals surface area (Å²) in [6, 6.07) is 1.05. The molecular formula is C5H2BrFN4. The van der Waals surface area contributed by atoms with Gasteiger partial charge in [0.25, 0.3) is 0 Å². The lowest BCUT2D eigenvalue weighted by Crippen LogP contribution is -1.79. The zero-order valence-corrected chi connectivity index (χ0v) is 6.79. The van der Waals surface area contributed by atoms with Crippen molar-refractivity contribution in [1.82, 2.24) is 4.98 Å². The van der Waals surface area contributed by atoms with E-state index in [2.05, 4.69) is 30.9 Å². The highest BCUT2D eigenvalue weighted by atomic mass is 79.9. The van der Waals surface area contributed by atoms with Gasteiger partial charge in [0.05, 0.1) is 5.69 Å². The lowest BCUT2D eigenvalue weighted by atomic mass is 10.4. The Balaban J connectivity index is 3.22. The van der Waals surface area contributed by atoms with Gasteiger partial charge in [-0.2, -0.15) is 4.39 Å². The van der Waals surface area contributed by atoms with Crippen LogP contribution in [0.1, 0.15) is 0 Å². The molecule has 0 spiro atoms. The van der Waals surface area contributed by atoms with Crippen LogP contribution in [0.5, 0.6) is 0 Å². The summed E-state index contributed by atoms with van der Waals surface area (Å²) in [4.78, 5) is 5.83. The van der Waals surface area contributed by atoms with E-state index in [0.29, 0.717) is 4.47 Å². The van der Waals surface area contributed by atoms with Gasteiger partial charge >= 0.3 is 0 Å². The van der Waals surface area contributed by atoms with E-state index in [1.807, 2.05) is 0 Å². The van der Waals surface area contributed by atoms with Crippen LogP contribution in [0.4, 0.5) is 10.1 Å². The summed E-state index contributed by atoms with van der Waals surface area (Å²) in [5.74, 6) is -0.671. The molecule has 0 radical (unpaired) electrons. The van der Waals surface area contributed by atoms with Gasteiger partial charge in [0, 0.05) is 21.6 Å². The van der Waals surface area contributed by atoms with Crippen LogP contribution in [0.25, 0.3) is 10.4 Å². The zero-order valence-electron chi connectivity index (χ0n) is 5.20. The highest BCUT2D eigenvalue weighted by Crippen LogP contribution is 2.24. The SMILES string of the molecule is [N-]=[N+]=Nc1cc(F)ncc1Br. The molecule has 0 saturated heterocycles. The smallest absolute Gasteiger partial charge is 0.213 e. The van der Waals surface area contributed by atoms with Gasteiger partial charge in [-0.25, -0.2) is 4.98 Å². The molecule has 0 aliphatic rings. The molecule has 0 saturated carbocycles. The molecule has 1 aromatic heterocycles. The Kier molecular flexibility index (Phi) is 2.40. The normalized spacial score (nSPS) is 8.91. The minimum Gasteiger partial charge on any atom is -0.227 e. The molecule has 11 heavy (non-hydrogen) atoms. The van der Waals surface area contributed by atoms with Gasteiger partial charge in [-0.3, -0.25) is 0 Å². The summed E-state index contributed by atoms with van der Waals surface area (Å²) in [7, 11) is 0. The fourth-order valence-corrected chi connectivity index (χ4v) is 0.824. The average molecular weight is 217 g/mol. The topological polar surface area (TPSA) is 61.7 Å². The van der Waals surface area contributed by atoms with Crippen molar-refractivity contribution in [3.05, 3.63) is 33.1 Å². The summed E-state index contributed by atoms with van der Waals surface area (Å²) in [5.41, 5.74) is 8.22. The van der Waals surface area contributed by atoms with Crippen molar-refractivity contribution in [2.24, 2.45) is 5.11 Å². The molecule has 0 fully saturated rings. The number of aromatic nitrogens is 1. The van der Waals surface area contributed by atoms with Crippen LogP contribution in [-0.2, 0) is 0 Å². The molecule has 1 heterocycles. The standard InChI is InChI=1S/C5H2BrFN4/c6-3-2-9-5(7)1-4(3)10-11-8/h1-2H.